The molecule has 2 heterocycles. The minimum absolute atomic E-state index is 0.0460. The molecule has 1 aromatic carbocycles. The Morgan fingerprint density at radius 2 is 1.86 bits per heavy atom. The number of hydrogen-bond donors (Lipinski definition) is 0. The molecule has 0 bridgehead atoms. The lowest BCUT2D eigenvalue weighted by Gasteiger charge is -2.23. The van der Waals surface area contributed by atoms with E-state index in [1.807, 2.05) is 9.80 Å². The van der Waals surface area contributed by atoms with Gasteiger partial charge < -0.3 is 14.3 Å². The van der Waals surface area contributed by atoms with Gasteiger partial charge in [0.15, 0.2) is 0 Å². The lowest BCUT2D eigenvalue weighted by molar-refractivity contribution is -0.131. The van der Waals surface area contributed by atoms with E-state index in [1.165, 1.54) is 11.1 Å². The van der Waals surface area contributed by atoms with Gasteiger partial charge in [-0.25, -0.2) is 0 Å². The molecule has 2 aliphatic rings. The Kier molecular flexibility index (Phi) is 5.20. The molecular formula is C22H27N3O3. The highest BCUT2D eigenvalue weighted by Crippen LogP contribution is 2.35. The summed E-state index contributed by atoms with van der Waals surface area (Å²) in [6.45, 7) is 6.05. The van der Waals surface area contributed by atoms with E-state index in [1.54, 1.807) is 13.8 Å². The standard InChI is InChI=1S/C22H27N3O3/c1-15-21(16(2)28-23-15)22(27)25-11-5-10-24(12-13-25)20(26)14-18-9-8-17-6-3-4-7-19(17)18/h3-4,6-7,18H,5,8-14H2,1-2H3. The summed E-state index contributed by atoms with van der Waals surface area (Å²) < 4.78 is 5.14. The largest absolute Gasteiger partial charge is 0.361 e. The molecule has 6 nitrogen and oxygen atoms in total. The topological polar surface area (TPSA) is 66.7 Å². The third-order valence-corrected chi connectivity index (χ3v) is 6.06. The van der Waals surface area contributed by atoms with Crippen molar-refractivity contribution in [2.24, 2.45) is 0 Å². The Bertz CT molecular complexity index is 869. The fourth-order valence-electron chi connectivity index (χ4n) is 4.51. The first-order valence-electron chi connectivity index (χ1n) is 10.1. The maximum absolute atomic E-state index is 12.9. The van der Waals surface area contributed by atoms with Gasteiger partial charge in [-0.05, 0) is 50.2 Å². The lowest BCUT2D eigenvalue weighted by atomic mass is 9.97. The molecule has 6 heteroatoms. The van der Waals surface area contributed by atoms with Crippen LogP contribution in [0.25, 0.3) is 0 Å². The Hall–Kier alpha value is -2.63. The number of rotatable bonds is 3. The molecule has 1 aliphatic heterocycles. The van der Waals surface area contributed by atoms with Crippen molar-refractivity contribution in [1.29, 1.82) is 0 Å². The summed E-state index contributed by atoms with van der Waals surface area (Å²) in [6.07, 6.45) is 3.47. The average Bonchev–Trinajstić information content (AvgIpc) is 3.13. The molecule has 1 fully saturated rings. The SMILES string of the molecule is Cc1noc(C)c1C(=O)N1CCCN(C(=O)CC2CCc3ccccc32)CC1. The molecule has 1 atom stereocenters. The van der Waals surface area contributed by atoms with E-state index < -0.39 is 0 Å². The van der Waals surface area contributed by atoms with Crippen LogP contribution < -0.4 is 0 Å². The van der Waals surface area contributed by atoms with E-state index in [9.17, 15) is 9.59 Å². The molecule has 1 aromatic heterocycles. The van der Waals surface area contributed by atoms with Crippen molar-refractivity contribution in [1.82, 2.24) is 15.0 Å². The van der Waals surface area contributed by atoms with Crippen LogP contribution in [0.2, 0.25) is 0 Å². The molecule has 0 N–H and O–H groups in total. The fraction of sp³-hybridized carbons (Fsp3) is 0.500. The number of carbonyl (C=O) groups excluding carboxylic acids is 2. The third kappa shape index (κ3) is 3.55. The molecule has 0 spiro atoms. The molecule has 2 aromatic rings. The van der Waals surface area contributed by atoms with E-state index >= 15 is 0 Å². The van der Waals surface area contributed by atoms with Gasteiger partial charge in [-0.15, -0.1) is 0 Å². The Morgan fingerprint density at radius 3 is 2.64 bits per heavy atom. The Balaban J connectivity index is 1.38. The van der Waals surface area contributed by atoms with Crippen LogP contribution in [0, 0.1) is 13.8 Å². The minimum atomic E-state index is -0.0460. The number of nitrogens with zero attached hydrogens (tertiary/aromatic N) is 3. The molecule has 0 radical (unpaired) electrons. The van der Waals surface area contributed by atoms with Crippen LogP contribution in [-0.4, -0.2) is 52.9 Å². The second-order valence-corrected chi connectivity index (χ2v) is 7.86. The number of fused-ring (bicyclic) bond motifs is 1. The summed E-state index contributed by atoms with van der Waals surface area (Å²) in [6, 6.07) is 8.46. The Labute approximate surface area is 165 Å². The van der Waals surface area contributed by atoms with E-state index in [2.05, 4.69) is 29.4 Å². The van der Waals surface area contributed by atoms with Gasteiger partial charge >= 0.3 is 0 Å². The van der Waals surface area contributed by atoms with Crippen molar-refractivity contribution in [3.8, 4) is 0 Å². The second-order valence-electron chi connectivity index (χ2n) is 7.86. The highest BCUT2D eigenvalue weighted by atomic mass is 16.5. The minimum Gasteiger partial charge on any atom is -0.361 e. The van der Waals surface area contributed by atoms with Crippen LogP contribution in [0.5, 0.6) is 0 Å². The predicted molar refractivity (Wildman–Crippen MR) is 105 cm³/mol. The Morgan fingerprint density at radius 1 is 1.11 bits per heavy atom. The molecule has 148 valence electrons. The number of aryl methyl sites for hydroxylation is 3. The number of amides is 2. The highest BCUT2D eigenvalue weighted by Gasteiger charge is 2.29. The molecule has 4 rings (SSSR count). The van der Waals surface area contributed by atoms with Gasteiger partial charge in [0.2, 0.25) is 5.91 Å². The maximum atomic E-state index is 12.9. The first-order valence-corrected chi connectivity index (χ1v) is 10.1. The molecule has 1 aliphatic carbocycles. The first kappa shape index (κ1) is 18.7. The molecule has 2 amide bonds. The van der Waals surface area contributed by atoms with E-state index in [0.717, 1.165) is 19.3 Å². The molecule has 28 heavy (non-hydrogen) atoms. The van der Waals surface area contributed by atoms with Crippen molar-refractivity contribution in [3.63, 3.8) is 0 Å². The third-order valence-electron chi connectivity index (χ3n) is 6.06. The molecule has 1 unspecified atom stereocenters. The number of carbonyl (C=O) groups is 2. The average molecular weight is 381 g/mol. The van der Waals surface area contributed by atoms with Crippen LogP contribution in [0.3, 0.4) is 0 Å². The summed E-state index contributed by atoms with van der Waals surface area (Å²) in [4.78, 5) is 29.6. The van der Waals surface area contributed by atoms with Gasteiger partial charge in [-0.3, -0.25) is 9.59 Å². The number of aromatic nitrogens is 1. The van der Waals surface area contributed by atoms with E-state index in [0.29, 0.717) is 55.5 Å². The smallest absolute Gasteiger partial charge is 0.259 e. The maximum Gasteiger partial charge on any atom is 0.259 e. The number of hydrogen-bond acceptors (Lipinski definition) is 4. The summed E-state index contributed by atoms with van der Waals surface area (Å²) in [5.74, 6) is 1.04. The van der Waals surface area contributed by atoms with Gasteiger partial charge in [0.05, 0.1) is 5.69 Å². The van der Waals surface area contributed by atoms with Gasteiger partial charge in [-0.1, -0.05) is 29.4 Å². The van der Waals surface area contributed by atoms with Crippen LogP contribution in [0.15, 0.2) is 28.8 Å². The van der Waals surface area contributed by atoms with Crippen LogP contribution in [0.4, 0.5) is 0 Å². The van der Waals surface area contributed by atoms with E-state index in [4.69, 9.17) is 4.52 Å². The zero-order valence-electron chi connectivity index (χ0n) is 16.6. The predicted octanol–water partition coefficient (Wildman–Crippen LogP) is 3.09. The van der Waals surface area contributed by atoms with Gasteiger partial charge in [-0.2, -0.15) is 0 Å². The zero-order valence-corrected chi connectivity index (χ0v) is 16.6. The quantitative estimate of drug-likeness (QED) is 0.819. The van der Waals surface area contributed by atoms with Gasteiger partial charge in [0.1, 0.15) is 11.3 Å². The summed E-state index contributed by atoms with van der Waals surface area (Å²) in [7, 11) is 0. The first-order chi connectivity index (χ1) is 13.5. The molecular weight excluding hydrogens is 354 g/mol. The van der Waals surface area contributed by atoms with Crippen molar-refractivity contribution in [3.05, 3.63) is 52.4 Å². The van der Waals surface area contributed by atoms with Gasteiger partial charge in [0.25, 0.3) is 5.91 Å². The molecule has 1 saturated heterocycles. The molecule has 0 saturated carbocycles. The lowest BCUT2D eigenvalue weighted by Crippen LogP contribution is -2.38. The summed E-state index contributed by atoms with van der Waals surface area (Å²) in [5, 5.41) is 3.89. The second kappa shape index (κ2) is 7.78. The van der Waals surface area contributed by atoms with E-state index in [-0.39, 0.29) is 11.8 Å². The van der Waals surface area contributed by atoms with Gasteiger partial charge in [0, 0.05) is 32.6 Å². The van der Waals surface area contributed by atoms with Crippen LogP contribution >= 0.6 is 0 Å². The monoisotopic (exact) mass is 381 g/mol. The normalized spacial score (nSPS) is 19.4. The van der Waals surface area contributed by atoms with Crippen molar-refractivity contribution < 1.29 is 14.1 Å². The van der Waals surface area contributed by atoms with Crippen molar-refractivity contribution in [2.45, 2.75) is 45.4 Å². The summed E-state index contributed by atoms with van der Waals surface area (Å²) in [5.41, 5.74) is 3.90. The van der Waals surface area contributed by atoms with Crippen molar-refractivity contribution in [2.75, 3.05) is 26.2 Å². The number of benzene rings is 1. The summed E-state index contributed by atoms with van der Waals surface area (Å²) >= 11 is 0. The van der Waals surface area contributed by atoms with Crippen molar-refractivity contribution >= 4 is 11.8 Å². The highest BCUT2D eigenvalue weighted by molar-refractivity contribution is 5.96. The van der Waals surface area contributed by atoms with Crippen LogP contribution in [0.1, 0.15) is 58.1 Å². The zero-order chi connectivity index (χ0) is 19.7. The fourth-order valence-corrected chi connectivity index (χ4v) is 4.51. The van der Waals surface area contributed by atoms with Crippen LogP contribution in [-0.2, 0) is 11.2 Å².